The molecule has 2 N–H and O–H groups in total. The molecule has 25 heavy (non-hydrogen) atoms. The van der Waals surface area contributed by atoms with Crippen LogP contribution in [0.5, 0.6) is 0 Å². The Morgan fingerprint density at radius 1 is 1.32 bits per heavy atom. The first kappa shape index (κ1) is 20.5. The smallest absolute Gasteiger partial charge is 0.211 e. The molecule has 1 aliphatic carbocycles. The van der Waals surface area contributed by atoms with Crippen LogP contribution in [-0.2, 0) is 10.0 Å². The minimum atomic E-state index is -3.06. The third-order valence-corrected chi connectivity index (χ3v) is 6.72. The van der Waals surface area contributed by atoms with E-state index in [-0.39, 0.29) is 0 Å². The van der Waals surface area contributed by atoms with Gasteiger partial charge in [-0.25, -0.2) is 12.7 Å². The first-order valence-corrected chi connectivity index (χ1v) is 11.6. The highest BCUT2D eigenvalue weighted by Gasteiger charge is 2.37. The Hall–Kier alpha value is -0.820. The molecule has 7 heteroatoms. The maximum absolute atomic E-state index is 11.6. The number of hydrogen-bond acceptors (Lipinski definition) is 3. The highest BCUT2D eigenvalue weighted by molar-refractivity contribution is 7.88. The fourth-order valence-electron chi connectivity index (χ4n) is 4.06. The molecule has 2 rings (SSSR count). The minimum absolute atomic E-state index is 0.354. The molecule has 1 atom stereocenters. The van der Waals surface area contributed by atoms with E-state index in [4.69, 9.17) is 4.99 Å². The lowest BCUT2D eigenvalue weighted by Crippen LogP contribution is -2.42. The van der Waals surface area contributed by atoms with E-state index in [0.29, 0.717) is 30.3 Å². The molecule has 1 heterocycles. The molecule has 2 fully saturated rings. The third-order valence-electron chi connectivity index (χ3n) is 5.45. The van der Waals surface area contributed by atoms with Crippen LogP contribution in [-0.4, -0.2) is 57.7 Å². The first-order valence-electron chi connectivity index (χ1n) is 9.71. The second-order valence-corrected chi connectivity index (χ2v) is 10.3. The first-order chi connectivity index (χ1) is 11.7. The number of nitrogens with zero attached hydrogens (tertiary/aromatic N) is 2. The summed E-state index contributed by atoms with van der Waals surface area (Å²) in [6, 6.07) is 0. The quantitative estimate of drug-likeness (QED) is 0.505. The summed E-state index contributed by atoms with van der Waals surface area (Å²) in [4.78, 5) is 4.85. The molecule has 146 valence electrons. The Labute approximate surface area is 153 Å². The standard InChI is InChI=1S/C18H36N4O2S/c1-5-19-17(21-14-18(8-6-9-18)11-15(2)3)20-12-16-7-10-22(13-16)25(4,23)24/h15-16H,5-14H2,1-4H3,(H2,19,20,21). The van der Waals surface area contributed by atoms with Gasteiger partial charge in [-0.2, -0.15) is 0 Å². The van der Waals surface area contributed by atoms with Crippen molar-refractivity contribution in [2.45, 2.75) is 52.9 Å². The molecule has 1 saturated carbocycles. The van der Waals surface area contributed by atoms with Crippen molar-refractivity contribution >= 4 is 16.0 Å². The van der Waals surface area contributed by atoms with E-state index in [1.165, 1.54) is 31.9 Å². The molecule has 2 aliphatic rings. The molecular formula is C18H36N4O2S. The SMILES string of the molecule is CCNC(=NCC1(CC(C)C)CCC1)NCC1CCN(S(C)(=O)=O)C1. The zero-order valence-corrected chi connectivity index (χ0v) is 17.2. The highest BCUT2D eigenvalue weighted by atomic mass is 32.2. The van der Waals surface area contributed by atoms with E-state index in [1.807, 2.05) is 0 Å². The average molecular weight is 373 g/mol. The van der Waals surface area contributed by atoms with Crippen LogP contribution in [0.2, 0.25) is 0 Å². The van der Waals surface area contributed by atoms with Crippen LogP contribution < -0.4 is 10.6 Å². The summed E-state index contributed by atoms with van der Waals surface area (Å²) in [5.74, 6) is 1.94. The minimum Gasteiger partial charge on any atom is -0.357 e. The van der Waals surface area contributed by atoms with Gasteiger partial charge in [0.15, 0.2) is 5.96 Å². The van der Waals surface area contributed by atoms with Gasteiger partial charge >= 0.3 is 0 Å². The summed E-state index contributed by atoms with van der Waals surface area (Å²) in [7, 11) is -3.06. The Kier molecular flexibility index (Phi) is 7.14. The zero-order valence-electron chi connectivity index (χ0n) is 16.3. The number of sulfonamides is 1. The van der Waals surface area contributed by atoms with E-state index < -0.39 is 10.0 Å². The molecule has 0 amide bonds. The number of hydrogen-bond donors (Lipinski definition) is 2. The second-order valence-electron chi connectivity index (χ2n) is 8.30. The molecule has 0 aromatic carbocycles. The largest absolute Gasteiger partial charge is 0.357 e. The van der Waals surface area contributed by atoms with E-state index >= 15 is 0 Å². The van der Waals surface area contributed by atoms with E-state index in [2.05, 4.69) is 31.4 Å². The van der Waals surface area contributed by atoms with Crippen LogP contribution in [0.4, 0.5) is 0 Å². The predicted octanol–water partition coefficient (Wildman–Crippen LogP) is 2.04. The maximum atomic E-state index is 11.6. The van der Waals surface area contributed by atoms with Gasteiger partial charge in [-0.3, -0.25) is 4.99 Å². The summed E-state index contributed by atoms with van der Waals surface area (Å²) in [6.07, 6.45) is 7.37. The van der Waals surface area contributed by atoms with Crippen molar-refractivity contribution < 1.29 is 8.42 Å². The fraction of sp³-hybridized carbons (Fsp3) is 0.944. The van der Waals surface area contributed by atoms with Crippen LogP contribution >= 0.6 is 0 Å². The molecule has 1 saturated heterocycles. The normalized spacial score (nSPS) is 24.4. The summed E-state index contributed by atoms with van der Waals surface area (Å²) in [5.41, 5.74) is 0.400. The van der Waals surface area contributed by atoms with Gasteiger partial charge in [-0.05, 0) is 49.9 Å². The van der Waals surface area contributed by atoms with Gasteiger partial charge < -0.3 is 10.6 Å². The molecule has 0 aromatic heterocycles. The van der Waals surface area contributed by atoms with Crippen LogP contribution in [0.3, 0.4) is 0 Å². The lowest BCUT2D eigenvalue weighted by Gasteiger charge is -2.42. The van der Waals surface area contributed by atoms with Gasteiger partial charge in [-0.1, -0.05) is 20.3 Å². The number of aliphatic imine (C=N–C) groups is 1. The van der Waals surface area contributed by atoms with Crippen molar-refractivity contribution in [2.24, 2.45) is 22.2 Å². The summed E-state index contributed by atoms with van der Waals surface area (Å²) < 4.78 is 24.8. The van der Waals surface area contributed by atoms with Gasteiger partial charge in [0.05, 0.1) is 6.26 Å². The van der Waals surface area contributed by atoms with E-state index in [9.17, 15) is 8.42 Å². The van der Waals surface area contributed by atoms with Crippen LogP contribution in [0.15, 0.2) is 4.99 Å². The Morgan fingerprint density at radius 2 is 2.04 bits per heavy atom. The maximum Gasteiger partial charge on any atom is 0.211 e. The highest BCUT2D eigenvalue weighted by Crippen LogP contribution is 2.46. The molecule has 0 aromatic rings. The van der Waals surface area contributed by atoms with Crippen molar-refractivity contribution in [1.29, 1.82) is 0 Å². The topological polar surface area (TPSA) is 73.8 Å². The zero-order chi connectivity index (χ0) is 18.5. The molecule has 0 radical (unpaired) electrons. The molecule has 0 bridgehead atoms. The Bertz CT molecular complexity index is 555. The van der Waals surface area contributed by atoms with Crippen molar-refractivity contribution in [3.63, 3.8) is 0 Å². The summed E-state index contributed by atoms with van der Waals surface area (Å²) >= 11 is 0. The Morgan fingerprint density at radius 3 is 2.52 bits per heavy atom. The van der Waals surface area contributed by atoms with Gasteiger partial charge in [0.1, 0.15) is 0 Å². The van der Waals surface area contributed by atoms with Crippen LogP contribution in [0.1, 0.15) is 52.9 Å². The number of rotatable bonds is 8. The van der Waals surface area contributed by atoms with Crippen LogP contribution in [0, 0.1) is 17.3 Å². The predicted molar refractivity (Wildman–Crippen MR) is 104 cm³/mol. The van der Waals surface area contributed by atoms with E-state index in [1.54, 1.807) is 4.31 Å². The van der Waals surface area contributed by atoms with Crippen molar-refractivity contribution in [1.82, 2.24) is 14.9 Å². The number of guanidine groups is 1. The van der Waals surface area contributed by atoms with Gasteiger partial charge in [0, 0.05) is 32.7 Å². The molecule has 1 aliphatic heterocycles. The van der Waals surface area contributed by atoms with Gasteiger partial charge in [0.25, 0.3) is 0 Å². The molecule has 1 unspecified atom stereocenters. The van der Waals surface area contributed by atoms with E-state index in [0.717, 1.165) is 32.0 Å². The molecule has 6 nitrogen and oxygen atoms in total. The fourth-order valence-corrected chi connectivity index (χ4v) is 4.98. The van der Waals surface area contributed by atoms with Gasteiger partial charge in [0.2, 0.25) is 10.0 Å². The molecular weight excluding hydrogens is 336 g/mol. The summed E-state index contributed by atoms with van der Waals surface area (Å²) in [6.45, 7) is 10.4. The average Bonchev–Trinajstić information content (AvgIpc) is 2.95. The van der Waals surface area contributed by atoms with Crippen molar-refractivity contribution in [3.8, 4) is 0 Å². The van der Waals surface area contributed by atoms with Crippen molar-refractivity contribution in [2.75, 3.05) is 39.0 Å². The van der Waals surface area contributed by atoms with Crippen molar-refractivity contribution in [3.05, 3.63) is 0 Å². The second kappa shape index (κ2) is 8.71. The summed E-state index contributed by atoms with van der Waals surface area (Å²) in [5, 5.41) is 6.76. The Balaban J connectivity index is 1.86. The lowest BCUT2D eigenvalue weighted by molar-refractivity contribution is 0.111. The lowest BCUT2D eigenvalue weighted by atomic mass is 9.64. The molecule has 0 spiro atoms. The van der Waals surface area contributed by atoms with Gasteiger partial charge in [-0.15, -0.1) is 0 Å². The van der Waals surface area contributed by atoms with Crippen LogP contribution in [0.25, 0.3) is 0 Å². The monoisotopic (exact) mass is 372 g/mol. The third kappa shape index (κ3) is 6.13. The number of nitrogens with one attached hydrogen (secondary N) is 2.